The predicted molar refractivity (Wildman–Crippen MR) is 72.2 cm³/mol. The number of nitrogens with zero attached hydrogens (tertiary/aromatic N) is 1. The SMILES string of the molecule is O=C(NCC1CCCC1CO)c1cccc(Br)n1. The molecule has 4 nitrogen and oxygen atoms in total. The molecule has 1 aromatic rings. The van der Waals surface area contributed by atoms with E-state index in [-0.39, 0.29) is 12.5 Å². The Bertz CT molecular complexity index is 425. The lowest BCUT2D eigenvalue weighted by Gasteiger charge is -2.17. The van der Waals surface area contributed by atoms with E-state index in [1.165, 1.54) is 0 Å². The standard InChI is InChI=1S/C13H17BrN2O2/c14-12-6-2-5-11(16-12)13(18)15-7-9-3-1-4-10(9)8-17/h2,5-6,9-10,17H,1,3-4,7-8H2,(H,15,18). The van der Waals surface area contributed by atoms with Crippen LogP contribution in [0.4, 0.5) is 0 Å². The summed E-state index contributed by atoms with van der Waals surface area (Å²) < 4.78 is 0.657. The highest BCUT2D eigenvalue weighted by Crippen LogP contribution is 2.30. The third-order valence-electron chi connectivity index (χ3n) is 3.52. The van der Waals surface area contributed by atoms with Crippen LogP contribution < -0.4 is 5.32 Å². The van der Waals surface area contributed by atoms with Crippen molar-refractivity contribution < 1.29 is 9.90 Å². The van der Waals surface area contributed by atoms with Crippen LogP contribution in [0, 0.1) is 11.8 Å². The van der Waals surface area contributed by atoms with Crippen molar-refractivity contribution in [1.82, 2.24) is 10.3 Å². The quantitative estimate of drug-likeness (QED) is 0.836. The van der Waals surface area contributed by atoms with Crippen molar-refractivity contribution in [3.8, 4) is 0 Å². The van der Waals surface area contributed by atoms with Gasteiger partial charge in [0.1, 0.15) is 10.3 Å². The van der Waals surface area contributed by atoms with Gasteiger partial charge in [0.2, 0.25) is 0 Å². The molecule has 2 atom stereocenters. The number of carbonyl (C=O) groups excluding carboxylic acids is 1. The van der Waals surface area contributed by atoms with E-state index in [2.05, 4.69) is 26.2 Å². The molecular weight excluding hydrogens is 296 g/mol. The number of rotatable bonds is 4. The van der Waals surface area contributed by atoms with Crippen molar-refractivity contribution in [3.63, 3.8) is 0 Å². The number of pyridine rings is 1. The Labute approximate surface area is 115 Å². The van der Waals surface area contributed by atoms with Crippen LogP contribution in [-0.2, 0) is 0 Å². The van der Waals surface area contributed by atoms with Gasteiger partial charge >= 0.3 is 0 Å². The van der Waals surface area contributed by atoms with Gasteiger partial charge in [-0.25, -0.2) is 4.98 Å². The zero-order valence-corrected chi connectivity index (χ0v) is 11.7. The van der Waals surface area contributed by atoms with E-state index < -0.39 is 0 Å². The summed E-state index contributed by atoms with van der Waals surface area (Å²) in [6.07, 6.45) is 3.28. The first-order valence-electron chi connectivity index (χ1n) is 6.22. The van der Waals surface area contributed by atoms with Crippen molar-refractivity contribution in [1.29, 1.82) is 0 Å². The second kappa shape index (κ2) is 6.29. The van der Waals surface area contributed by atoms with Crippen LogP contribution in [0.2, 0.25) is 0 Å². The lowest BCUT2D eigenvalue weighted by Crippen LogP contribution is -2.32. The molecule has 1 fully saturated rings. The van der Waals surface area contributed by atoms with Gasteiger partial charge in [0.25, 0.3) is 5.91 Å². The highest BCUT2D eigenvalue weighted by atomic mass is 79.9. The van der Waals surface area contributed by atoms with E-state index in [0.717, 1.165) is 19.3 Å². The molecule has 1 aliphatic carbocycles. The largest absolute Gasteiger partial charge is 0.396 e. The van der Waals surface area contributed by atoms with Gasteiger partial charge in [-0.15, -0.1) is 0 Å². The van der Waals surface area contributed by atoms with Crippen molar-refractivity contribution in [2.24, 2.45) is 11.8 Å². The van der Waals surface area contributed by atoms with E-state index in [4.69, 9.17) is 0 Å². The maximum Gasteiger partial charge on any atom is 0.269 e. The maximum atomic E-state index is 11.9. The average Bonchev–Trinajstić information content (AvgIpc) is 2.83. The first kappa shape index (κ1) is 13.5. The Morgan fingerprint density at radius 1 is 1.44 bits per heavy atom. The summed E-state index contributed by atoms with van der Waals surface area (Å²) in [6.45, 7) is 0.841. The molecule has 0 aromatic carbocycles. The zero-order valence-electron chi connectivity index (χ0n) is 10.1. The molecular formula is C13H17BrN2O2. The lowest BCUT2D eigenvalue weighted by molar-refractivity contribution is 0.0932. The molecule has 0 bridgehead atoms. The molecule has 2 N–H and O–H groups in total. The molecule has 1 heterocycles. The Morgan fingerprint density at radius 2 is 2.22 bits per heavy atom. The number of aromatic nitrogens is 1. The van der Waals surface area contributed by atoms with E-state index >= 15 is 0 Å². The summed E-state index contributed by atoms with van der Waals surface area (Å²) in [5.74, 6) is 0.576. The van der Waals surface area contributed by atoms with Gasteiger partial charge in [-0.1, -0.05) is 12.5 Å². The number of aliphatic hydroxyl groups is 1. The molecule has 1 aliphatic rings. The van der Waals surface area contributed by atoms with Gasteiger partial charge in [0.15, 0.2) is 0 Å². The lowest BCUT2D eigenvalue weighted by atomic mass is 9.97. The van der Waals surface area contributed by atoms with Gasteiger partial charge in [-0.05, 0) is 52.7 Å². The van der Waals surface area contributed by atoms with E-state index in [1.54, 1.807) is 18.2 Å². The van der Waals surface area contributed by atoms with Crippen LogP contribution >= 0.6 is 15.9 Å². The highest BCUT2D eigenvalue weighted by molar-refractivity contribution is 9.10. The number of hydrogen-bond acceptors (Lipinski definition) is 3. The summed E-state index contributed by atoms with van der Waals surface area (Å²) in [5, 5.41) is 12.1. The summed E-state index contributed by atoms with van der Waals surface area (Å²) >= 11 is 3.24. The van der Waals surface area contributed by atoms with Gasteiger partial charge in [0.05, 0.1) is 0 Å². The van der Waals surface area contributed by atoms with E-state index in [0.29, 0.717) is 28.7 Å². The molecule has 18 heavy (non-hydrogen) atoms. The molecule has 1 saturated carbocycles. The van der Waals surface area contributed by atoms with Gasteiger partial charge in [-0.2, -0.15) is 0 Å². The second-order valence-corrected chi connectivity index (χ2v) is 5.50. The number of halogens is 1. The van der Waals surface area contributed by atoms with Crippen molar-refractivity contribution in [2.45, 2.75) is 19.3 Å². The van der Waals surface area contributed by atoms with Crippen LogP contribution in [0.25, 0.3) is 0 Å². The van der Waals surface area contributed by atoms with Crippen LogP contribution in [0.15, 0.2) is 22.8 Å². The van der Waals surface area contributed by atoms with Crippen LogP contribution in [0.1, 0.15) is 29.8 Å². The van der Waals surface area contributed by atoms with Crippen molar-refractivity contribution >= 4 is 21.8 Å². The molecule has 2 rings (SSSR count). The van der Waals surface area contributed by atoms with Crippen molar-refractivity contribution in [3.05, 3.63) is 28.5 Å². The van der Waals surface area contributed by atoms with E-state index in [1.807, 2.05) is 0 Å². The van der Waals surface area contributed by atoms with Crippen LogP contribution in [0.5, 0.6) is 0 Å². The summed E-state index contributed by atoms with van der Waals surface area (Å²) in [7, 11) is 0. The number of aliphatic hydroxyl groups excluding tert-OH is 1. The fourth-order valence-corrected chi connectivity index (χ4v) is 2.82. The highest BCUT2D eigenvalue weighted by Gasteiger charge is 2.26. The fraction of sp³-hybridized carbons (Fsp3) is 0.538. The first-order chi connectivity index (χ1) is 8.70. The minimum Gasteiger partial charge on any atom is -0.396 e. The summed E-state index contributed by atoms with van der Waals surface area (Å²) in [6, 6.07) is 5.27. The first-order valence-corrected chi connectivity index (χ1v) is 7.01. The van der Waals surface area contributed by atoms with E-state index in [9.17, 15) is 9.90 Å². The monoisotopic (exact) mass is 312 g/mol. The molecule has 0 radical (unpaired) electrons. The third-order valence-corrected chi connectivity index (χ3v) is 3.97. The molecule has 0 saturated heterocycles. The Balaban J connectivity index is 1.88. The Kier molecular flexibility index (Phi) is 4.72. The minimum absolute atomic E-state index is 0.153. The molecule has 2 unspecified atom stereocenters. The van der Waals surface area contributed by atoms with Gasteiger partial charge in [-0.3, -0.25) is 4.79 Å². The number of nitrogens with one attached hydrogen (secondary N) is 1. The fourth-order valence-electron chi connectivity index (χ4n) is 2.47. The molecule has 1 aromatic heterocycles. The zero-order chi connectivity index (χ0) is 13.0. The number of carbonyl (C=O) groups is 1. The molecule has 5 heteroatoms. The van der Waals surface area contributed by atoms with Crippen molar-refractivity contribution in [2.75, 3.05) is 13.2 Å². The average molecular weight is 313 g/mol. The number of amides is 1. The minimum atomic E-state index is -0.153. The van der Waals surface area contributed by atoms with Crippen LogP contribution in [-0.4, -0.2) is 29.1 Å². The second-order valence-electron chi connectivity index (χ2n) is 4.69. The summed E-state index contributed by atoms with van der Waals surface area (Å²) in [5.41, 5.74) is 0.419. The summed E-state index contributed by atoms with van der Waals surface area (Å²) in [4.78, 5) is 16.0. The Hall–Kier alpha value is -0.940. The van der Waals surface area contributed by atoms with Gasteiger partial charge in [0, 0.05) is 13.2 Å². The van der Waals surface area contributed by atoms with Gasteiger partial charge < -0.3 is 10.4 Å². The molecule has 0 aliphatic heterocycles. The molecule has 1 amide bonds. The molecule has 98 valence electrons. The topological polar surface area (TPSA) is 62.2 Å². The number of hydrogen-bond donors (Lipinski definition) is 2. The Morgan fingerprint density at radius 3 is 2.94 bits per heavy atom. The van der Waals surface area contributed by atoms with Crippen LogP contribution in [0.3, 0.4) is 0 Å². The normalized spacial score (nSPS) is 23.0. The molecule has 0 spiro atoms. The third kappa shape index (κ3) is 3.29. The smallest absolute Gasteiger partial charge is 0.269 e. The maximum absolute atomic E-state index is 11.9. The predicted octanol–water partition coefficient (Wildman–Crippen LogP) is 1.98.